The monoisotopic (exact) mass is 259 g/mol. The first-order valence-corrected chi connectivity index (χ1v) is 4.93. The van der Waals surface area contributed by atoms with Crippen molar-refractivity contribution < 1.29 is 9.53 Å². The number of hydrogen-bond donors (Lipinski definition) is 0. The second kappa shape index (κ2) is 5.10. The minimum absolute atomic E-state index is 0.376. The molecule has 0 saturated heterocycles. The topological polar surface area (TPSA) is 29.5 Å². The van der Waals surface area contributed by atoms with Crippen molar-refractivity contribution in [1.82, 2.24) is 4.90 Å². The largest absolute Gasteiger partial charge is 0.407 e. The molecular formula is C8H12Cl3NO2. The van der Waals surface area contributed by atoms with E-state index in [9.17, 15) is 4.79 Å². The predicted molar refractivity (Wildman–Crippen MR) is 58.4 cm³/mol. The zero-order valence-corrected chi connectivity index (χ0v) is 10.7. The van der Waals surface area contributed by atoms with Crippen LogP contribution in [0.2, 0.25) is 0 Å². The molecule has 0 aromatic heterocycles. The molecule has 0 rings (SSSR count). The summed E-state index contributed by atoms with van der Waals surface area (Å²) in [6.45, 7) is 3.59. The van der Waals surface area contributed by atoms with Gasteiger partial charge in [-0.15, -0.1) is 0 Å². The summed E-state index contributed by atoms with van der Waals surface area (Å²) in [4.78, 5) is 12.8. The molecule has 0 amide bonds. The van der Waals surface area contributed by atoms with Crippen molar-refractivity contribution in [3.05, 3.63) is 11.5 Å². The highest BCUT2D eigenvalue weighted by Gasteiger charge is 2.34. The number of allylic oxidation sites excluding steroid dienone is 1. The van der Waals surface area contributed by atoms with Crippen molar-refractivity contribution in [2.75, 3.05) is 14.1 Å². The lowest BCUT2D eigenvalue weighted by molar-refractivity contribution is -0.140. The highest BCUT2D eigenvalue weighted by Crippen LogP contribution is 2.29. The van der Waals surface area contributed by atoms with Crippen LogP contribution in [0.25, 0.3) is 0 Å². The molecule has 0 aliphatic heterocycles. The molecule has 0 fully saturated rings. The maximum absolute atomic E-state index is 11.2. The van der Waals surface area contributed by atoms with Gasteiger partial charge in [-0.05, 0) is 19.4 Å². The Morgan fingerprint density at radius 3 is 1.86 bits per heavy atom. The Bertz CT molecular complexity index is 252. The van der Waals surface area contributed by atoms with Crippen molar-refractivity contribution >= 4 is 40.8 Å². The average Bonchev–Trinajstić information content (AvgIpc) is 1.96. The van der Waals surface area contributed by atoms with Gasteiger partial charge in [0.1, 0.15) is 0 Å². The number of esters is 1. The summed E-state index contributed by atoms with van der Waals surface area (Å²) < 4.78 is 2.86. The van der Waals surface area contributed by atoms with Crippen LogP contribution in [-0.4, -0.2) is 28.8 Å². The molecule has 0 N–H and O–H groups in total. The third kappa shape index (κ3) is 4.40. The van der Waals surface area contributed by atoms with Crippen LogP contribution in [-0.2, 0) is 9.53 Å². The summed E-state index contributed by atoms with van der Waals surface area (Å²) in [7, 11) is 3.46. The van der Waals surface area contributed by atoms with Gasteiger partial charge in [-0.3, -0.25) is 0 Å². The summed E-state index contributed by atoms with van der Waals surface area (Å²) in [6, 6.07) is 0. The van der Waals surface area contributed by atoms with Gasteiger partial charge in [0, 0.05) is 14.1 Å². The summed E-state index contributed by atoms with van der Waals surface area (Å²) in [5.74, 6) is -0.534. The quantitative estimate of drug-likeness (QED) is 0.434. The van der Waals surface area contributed by atoms with Gasteiger partial charge < -0.3 is 9.64 Å². The van der Waals surface area contributed by atoms with E-state index in [1.807, 2.05) is 0 Å². The molecule has 3 nitrogen and oxygen atoms in total. The molecule has 82 valence electrons. The fourth-order valence-electron chi connectivity index (χ4n) is 0.786. The van der Waals surface area contributed by atoms with Gasteiger partial charge in [0.15, 0.2) is 5.88 Å². The molecule has 0 atom stereocenters. The Kier molecular flexibility index (Phi) is 5.06. The number of ether oxygens (including phenoxy) is 1. The van der Waals surface area contributed by atoms with Gasteiger partial charge in [-0.25, -0.2) is 4.79 Å². The molecular weight excluding hydrogens is 248 g/mol. The van der Waals surface area contributed by atoms with Gasteiger partial charge in [-0.1, -0.05) is 34.8 Å². The molecule has 0 heterocycles. The van der Waals surface area contributed by atoms with Crippen molar-refractivity contribution in [3.8, 4) is 0 Å². The van der Waals surface area contributed by atoms with E-state index < -0.39 is 9.76 Å². The average molecular weight is 261 g/mol. The first-order valence-electron chi connectivity index (χ1n) is 3.80. The summed E-state index contributed by atoms with van der Waals surface area (Å²) in [5, 5.41) is 0. The maximum Gasteiger partial charge on any atom is 0.365 e. The number of carbonyl (C=O) groups is 1. The number of carbonyl (C=O) groups excluding carboxylic acids is 1. The highest BCUT2D eigenvalue weighted by molar-refractivity contribution is 6.75. The normalized spacial score (nSPS) is 10.8. The number of halogens is 3. The zero-order valence-electron chi connectivity index (χ0n) is 8.40. The van der Waals surface area contributed by atoms with E-state index in [2.05, 4.69) is 0 Å². The van der Waals surface area contributed by atoms with Crippen LogP contribution in [0.3, 0.4) is 0 Å². The minimum Gasteiger partial charge on any atom is -0.407 e. The lowest BCUT2D eigenvalue weighted by Crippen LogP contribution is -2.26. The second-order valence-electron chi connectivity index (χ2n) is 3.09. The molecule has 0 bridgehead atoms. The van der Waals surface area contributed by atoms with Crippen LogP contribution in [0.4, 0.5) is 0 Å². The molecule has 0 spiro atoms. The molecule has 0 aromatic rings. The molecule has 0 aliphatic carbocycles. The number of rotatable bonds is 2. The molecule has 14 heavy (non-hydrogen) atoms. The van der Waals surface area contributed by atoms with Crippen LogP contribution >= 0.6 is 34.8 Å². The molecule has 0 saturated carbocycles. The Morgan fingerprint density at radius 1 is 1.21 bits per heavy atom. The fraction of sp³-hybridized carbons (Fsp3) is 0.625. The third-order valence-electron chi connectivity index (χ3n) is 1.25. The Hall–Kier alpha value is -0.120. The van der Waals surface area contributed by atoms with Crippen LogP contribution < -0.4 is 0 Å². The summed E-state index contributed by atoms with van der Waals surface area (Å²) in [6.07, 6.45) is 0. The summed E-state index contributed by atoms with van der Waals surface area (Å²) in [5.41, 5.74) is 0.817. The second-order valence-corrected chi connectivity index (χ2v) is 5.37. The van der Waals surface area contributed by atoms with Gasteiger partial charge in [0.2, 0.25) is 0 Å². The lowest BCUT2D eigenvalue weighted by Gasteiger charge is -2.20. The van der Waals surface area contributed by atoms with Crippen molar-refractivity contribution in [2.24, 2.45) is 0 Å². The van der Waals surface area contributed by atoms with E-state index in [1.165, 1.54) is 0 Å². The van der Waals surface area contributed by atoms with Crippen LogP contribution in [0.15, 0.2) is 11.5 Å². The number of alkyl halides is 3. The summed E-state index contributed by atoms with van der Waals surface area (Å²) >= 11 is 16.1. The standard InChI is InChI=1S/C8H12Cl3NO2/c1-5(2)6(12(3)4)14-7(13)8(9,10)11/h1-4H3. The van der Waals surface area contributed by atoms with E-state index in [-0.39, 0.29) is 0 Å². The first-order chi connectivity index (χ1) is 6.16. The van der Waals surface area contributed by atoms with Crippen molar-refractivity contribution in [1.29, 1.82) is 0 Å². The smallest absolute Gasteiger partial charge is 0.365 e. The van der Waals surface area contributed by atoms with E-state index in [1.54, 1.807) is 32.8 Å². The third-order valence-corrected chi connectivity index (χ3v) is 1.72. The van der Waals surface area contributed by atoms with Gasteiger partial charge in [0.25, 0.3) is 3.79 Å². The Balaban J connectivity index is 4.67. The van der Waals surface area contributed by atoms with Crippen molar-refractivity contribution in [3.63, 3.8) is 0 Å². The maximum atomic E-state index is 11.2. The predicted octanol–water partition coefficient (Wildman–Crippen LogP) is 2.71. The van der Waals surface area contributed by atoms with Gasteiger partial charge in [0.05, 0.1) is 0 Å². The highest BCUT2D eigenvalue weighted by atomic mass is 35.6. The first kappa shape index (κ1) is 13.9. The molecule has 0 aliphatic rings. The van der Waals surface area contributed by atoms with E-state index in [0.29, 0.717) is 5.88 Å². The van der Waals surface area contributed by atoms with Gasteiger partial charge >= 0.3 is 5.97 Å². The Labute approximate surface area is 98.5 Å². The fourth-order valence-corrected chi connectivity index (χ4v) is 0.902. The van der Waals surface area contributed by atoms with Crippen LogP contribution in [0.1, 0.15) is 13.8 Å². The van der Waals surface area contributed by atoms with E-state index in [0.717, 1.165) is 5.57 Å². The molecule has 6 heteroatoms. The SMILES string of the molecule is CC(C)=C(OC(=O)C(Cl)(Cl)Cl)N(C)C. The minimum atomic E-state index is -2.04. The lowest BCUT2D eigenvalue weighted by atomic mass is 10.3. The number of nitrogens with zero attached hydrogens (tertiary/aromatic N) is 1. The van der Waals surface area contributed by atoms with E-state index in [4.69, 9.17) is 39.5 Å². The van der Waals surface area contributed by atoms with Crippen molar-refractivity contribution in [2.45, 2.75) is 17.6 Å². The Morgan fingerprint density at radius 2 is 1.64 bits per heavy atom. The molecule has 0 unspecified atom stereocenters. The zero-order chi connectivity index (χ0) is 11.5. The van der Waals surface area contributed by atoms with Gasteiger partial charge in [-0.2, -0.15) is 0 Å². The van der Waals surface area contributed by atoms with Crippen LogP contribution in [0.5, 0.6) is 0 Å². The van der Waals surface area contributed by atoms with E-state index >= 15 is 0 Å². The number of hydrogen-bond acceptors (Lipinski definition) is 3. The molecule has 0 aromatic carbocycles. The van der Waals surface area contributed by atoms with Crippen LogP contribution in [0, 0.1) is 0 Å². The molecule has 0 radical (unpaired) electrons.